The van der Waals surface area contributed by atoms with Gasteiger partial charge in [0.1, 0.15) is 5.82 Å². The molecule has 0 aromatic heterocycles. The van der Waals surface area contributed by atoms with Crippen molar-refractivity contribution in [2.24, 2.45) is 5.73 Å². The van der Waals surface area contributed by atoms with Gasteiger partial charge in [-0.1, -0.05) is 48.5 Å². The molecule has 0 spiro atoms. The molecule has 8 N–H and O–H groups in total. The van der Waals surface area contributed by atoms with Crippen molar-refractivity contribution in [1.29, 1.82) is 0 Å². The van der Waals surface area contributed by atoms with Crippen LogP contribution in [0.4, 0.5) is 14.9 Å². The highest BCUT2D eigenvalue weighted by atomic mass is 19.1. The average molecular weight is 606 g/mol. The van der Waals surface area contributed by atoms with Crippen LogP contribution in [0.2, 0.25) is 0 Å². The van der Waals surface area contributed by atoms with Gasteiger partial charge in [-0.25, -0.2) is 9.18 Å². The minimum atomic E-state index is -1.51. The number of Topliss-reactive ketones (excluding diaryl/α,β-unsaturated/α-hetero) is 1. The lowest BCUT2D eigenvalue weighted by molar-refractivity contribution is -0.131. The monoisotopic (exact) mass is 605 g/mol. The van der Waals surface area contributed by atoms with Crippen LogP contribution in [0.25, 0.3) is 11.1 Å². The van der Waals surface area contributed by atoms with Crippen molar-refractivity contribution in [1.82, 2.24) is 16.0 Å². The number of carbonyl (C=O) groups excluding carboxylic acids is 3. The van der Waals surface area contributed by atoms with Crippen LogP contribution in [0.15, 0.2) is 66.7 Å². The van der Waals surface area contributed by atoms with Crippen LogP contribution in [0.1, 0.15) is 43.4 Å². The van der Waals surface area contributed by atoms with Crippen LogP contribution in [-0.4, -0.2) is 58.4 Å². The van der Waals surface area contributed by atoms with Crippen molar-refractivity contribution in [2.45, 2.75) is 63.4 Å². The number of aliphatic hydroxyl groups excluding tert-OH is 2. The zero-order chi connectivity index (χ0) is 31.9. The summed E-state index contributed by atoms with van der Waals surface area (Å²) in [6.45, 7) is 3.53. The second kappa shape index (κ2) is 14.0. The first-order chi connectivity index (χ1) is 20.9. The molecule has 0 radical (unpaired) electrons. The van der Waals surface area contributed by atoms with Crippen LogP contribution in [0.3, 0.4) is 0 Å². The van der Waals surface area contributed by atoms with Gasteiger partial charge in [-0.05, 0) is 66.3 Å². The standard InChI is InChI=1S/C33H40FN5O5/c1-32(2,37-19-26(41)20-40)17-30(43)39-33(29(42)14-11-23-15-25(34)12-13-28(23)38-33)16-21-7-9-22(10-8-21)27-6-4-3-5-24(27)18-36-31(35)44/h3-10,12-13,15,26,37-38,40-41H,11,14,16-20H2,1-2H3,(H,39,43)(H3,35,36,44)/t26-,33+/m0/s1. The lowest BCUT2D eigenvalue weighted by Crippen LogP contribution is -2.62. The number of hydrogen-bond acceptors (Lipinski definition) is 7. The van der Waals surface area contributed by atoms with Gasteiger partial charge >= 0.3 is 6.03 Å². The Morgan fingerprint density at radius 3 is 2.52 bits per heavy atom. The molecule has 3 aromatic rings. The van der Waals surface area contributed by atoms with Gasteiger partial charge in [-0.15, -0.1) is 0 Å². The second-order valence-electron chi connectivity index (χ2n) is 11.8. The minimum Gasteiger partial charge on any atom is -0.394 e. The fraction of sp³-hybridized carbons (Fsp3) is 0.364. The van der Waals surface area contributed by atoms with E-state index in [0.717, 1.165) is 22.3 Å². The van der Waals surface area contributed by atoms with Crippen LogP contribution < -0.4 is 27.0 Å². The average Bonchev–Trinajstić information content (AvgIpc) is 3.11. The largest absolute Gasteiger partial charge is 0.394 e. The fourth-order valence-corrected chi connectivity index (χ4v) is 5.39. The quantitative estimate of drug-likeness (QED) is 0.167. The molecular weight excluding hydrogens is 565 g/mol. The maximum atomic E-state index is 14.1. The third kappa shape index (κ3) is 8.40. The number of primary amides is 1. The van der Waals surface area contributed by atoms with Crippen molar-refractivity contribution >= 4 is 23.4 Å². The number of anilines is 1. The molecule has 1 aliphatic heterocycles. The Hall–Kier alpha value is -4.32. The van der Waals surface area contributed by atoms with E-state index in [9.17, 15) is 23.9 Å². The summed E-state index contributed by atoms with van der Waals surface area (Å²) >= 11 is 0. The summed E-state index contributed by atoms with van der Waals surface area (Å²) in [6, 6.07) is 18.9. The van der Waals surface area contributed by atoms with Gasteiger partial charge in [0.15, 0.2) is 11.4 Å². The van der Waals surface area contributed by atoms with E-state index in [-0.39, 0.29) is 38.1 Å². The Morgan fingerprint density at radius 2 is 1.82 bits per heavy atom. The number of nitrogens with two attached hydrogens (primary N) is 1. The number of carbonyl (C=O) groups is 3. The van der Waals surface area contributed by atoms with E-state index < -0.39 is 41.7 Å². The number of benzene rings is 3. The Balaban J connectivity index is 1.62. The normalized spacial score (nSPS) is 17.2. The van der Waals surface area contributed by atoms with Gasteiger partial charge < -0.3 is 37.2 Å². The summed E-state index contributed by atoms with van der Waals surface area (Å²) in [5, 5.41) is 30.8. The lowest BCUT2D eigenvalue weighted by Gasteiger charge is -2.36. The van der Waals surface area contributed by atoms with Gasteiger partial charge in [-0.3, -0.25) is 9.59 Å². The predicted octanol–water partition coefficient (Wildman–Crippen LogP) is 2.75. The molecule has 10 nitrogen and oxygen atoms in total. The van der Waals surface area contributed by atoms with Gasteiger partial charge in [0.2, 0.25) is 5.91 Å². The number of urea groups is 1. The molecular formula is C33H40FN5O5. The summed E-state index contributed by atoms with van der Waals surface area (Å²) in [5.41, 5.74) is 7.67. The topological polar surface area (TPSA) is 166 Å². The summed E-state index contributed by atoms with van der Waals surface area (Å²) in [7, 11) is 0. The molecule has 11 heteroatoms. The number of β-amino-alcohol motifs (C(OH)–C–C–N with tert-alkyl or cyclic N) is 1. The van der Waals surface area contributed by atoms with E-state index in [1.807, 2.05) is 48.5 Å². The van der Waals surface area contributed by atoms with E-state index in [1.54, 1.807) is 19.9 Å². The molecule has 0 saturated carbocycles. The second-order valence-corrected chi connectivity index (χ2v) is 11.8. The Labute approximate surface area is 256 Å². The first-order valence-electron chi connectivity index (χ1n) is 14.5. The molecule has 0 unspecified atom stereocenters. The molecule has 0 aliphatic carbocycles. The van der Waals surface area contributed by atoms with E-state index in [0.29, 0.717) is 17.7 Å². The van der Waals surface area contributed by atoms with Crippen LogP contribution in [-0.2, 0) is 29.0 Å². The molecule has 0 fully saturated rings. The summed E-state index contributed by atoms with van der Waals surface area (Å²) in [5.74, 6) is -1.05. The Morgan fingerprint density at radius 1 is 1.09 bits per heavy atom. The molecule has 3 aromatic carbocycles. The molecule has 4 rings (SSSR count). The number of ketones is 1. The molecule has 3 amide bonds. The van der Waals surface area contributed by atoms with Crippen LogP contribution in [0.5, 0.6) is 0 Å². The molecule has 0 saturated heterocycles. The van der Waals surface area contributed by atoms with Crippen LogP contribution in [0, 0.1) is 5.82 Å². The number of hydrogen-bond donors (Lipinski definition) is 7. The number of fused-ring (bicyclic) bond motifs is 1. The zero-order valence-corrected chi connectivity index (χ0v) is 25.0. The summed E-state index contributed by atoms with van der Waals surface area (Å²) in [6.07, 6.45) is -0.464. The highest BCUT2D eigenvalue weighted by Gasteiger charge is 2.42. The maximum absolute atomic E-state index is 14.1. The number of aryl methyl sites for hydroxylation is 1. The van der Waals surface area contributed by atoms with Gasteiger partial charge in [0, 0.05) is 43.6 Å². The van der Waals surface area contributed by atoms with Crippen molar-refractivity contribution in [2.75, 3.05) is 18.5 Å². The Bertz CT molecular complexity index is 1500. The van der Waals surface area contributed by atoms with E-state index in [1.165, 1.54) is 12.1 Å². The van der Waals surface area contributed by atoms with E-state index >= 15 is 0 Å². The highest BCUT2D eigenvalue weighted by Crippen LogP contribution is 2.31. The number of nitrogens with one attached hydrogen (secondary N) is 4. The molecule has 1 heterocycles. The molecule has 2 atom stereocenters. The number of rotatable bonds is 12. The maximum Gasteiger partial charge on any atom is 0.312 e. The lowest BCUT2D eigenvalue weighted by atomic mass is 9.90. The third-order valence-electron chi connectivity index (χ3n) is 7.70. The number of aliphatic hydroxyl groups is 2. The minimum absolute atomic E-state index is 0.0206. The zero-order valence-electron chi connectivity index (χ0n) is 25.0. The van der Waals surface area contributed by atoms with Gasteiger partial charge in [0.25, 0.3) is 0 Å². The number of halogens is 1. The van der Waals surface area contributed by atoms with Crippen molar-refractivity contribution in [3.05, 3.63) is 89.2 Å². The first-order valence-corrected chi connectivity index (χ1v) is 14.5. The summed E-state index contributed by atoms with van der Waals surface area (Å²) < 4.78 is 14.1. The van der Waals surface area contributed by atoms with E-state index in [2.05, 4.69) is 21.3 Å². The molecule has 0 bridgehead atoms. The number of amides is 3. The van der Waals surface area contributed by atoms with Gasteiger partial charge in [-0.2, -0.15) is 0 Å². The predicted molar refractivity (Wildman–Crippen MR) is 166 cm³/mol. The Kier molecular flexibility index (Phi) is 10.4. The van der Waals surface area contributed by atoms with E-state index in [4.69, 9.17) is 10.8 Å². The molecule has 44 heavy (non-hydrogen) atoms. The summed E-state index contributed by atoms with van der Waals surface area (Å²) in [4.78, 5) is 38.6. The van der Waals surface area contributed by atoms with Crippen molar-refractivity contribution in [3.63, 3.8) is 0 Å². The molecule has 234 valence electrons. The van der Waals surface area contributed by atoms with Gasteiger partial charge in [0.05, 0.1) is 12.7 Å². The smallest absolute Gasteiger partial charge is 0.312 e. The third-order valence-corrected chi connectivity index (χ3v) is 7.70. The van der Waals surface area contributed by atoms with Crippen LogP contribution >= 0.6 is 0 Å². The van der Waals surface area contributed by atoms with Crippen molar-refractivity contribution < 1.29 is 29.0 Å². The SMILES string of the molecule is CC(C)(CC(=O)N[C@@]1(Cc2ccc(-c3ccccc3CNC(N)=O)cc2)Nc2ccc(F)cc2CCC1=O)NC[C@H](O)CO. The highest BCUT2D eigenvalue weighted by molar-refractivity contribution is 5.97. The van der Waals surface area contributed by atoms with Crippen molar-refractivity contribution in [3.8, 4) is 11.1 Å². The first kappa shape index (κ1) is 32.6. The molecule has 1 aliphatic rings. The fourth-order valence-electron chi connectivity index (χ4n) is 5.39.